The maximum absolute atomic E-state index is 12.9. The zero-order chi connectivity index (χ0) is 23.0. The number of rotatable bonds is 6. The molecule has 4 rings (SSSR count). The molecule has 0 spiro atoms. The molecule has 0 aliphatic carbocycles. The van der Waals surface area contributed by atoms with E-state index in [1.165, 1.54) is 11.6 Å². The topological polar surface area (TPSA) is 100 Å². The summed E-state index contributed by atoms with van der Waals surface area (Å²) in [6.45, 7) is 8.39. The molecule has 1 aliphatic rings. The van der Waals surface area contributed by atoms with Gasteiger partial charge in [-0.15, -0.1) is 0 Å². The largest absolute Gasteiger partial charge is 0.461 e. The number of aryl methyl sites for hydroxylation is 3. The summed E-state index contributed by atoms with van der Waals surface area (Å²) in [6.07, 6.45) is 4.20. The van der Waals surface area contributed by atoms with E-state index in [1.54, 1.807) is 13.2 Å². The second kappa shape index (κ2) is 8.76. The third-order valence-electron chi connectivity index (χ3n) is 6.02. The number of hydrogen-bond acceptors (Lipinski definition) is 7. The molecule has 0 atom stereocenters. The highest BCUT2D eigenvalue weighted by atomic mass is 16.5. The minimum atomic E-state index is -0.394. The van der Waals surface area contributed by atoms with Gasteiger partial charge in [0.05, 0.1) is 0 Å². The first-order valence-electron chi connectivity index (χ1n) is 11.1. The normalized spacial score (nSPS) is 15.1. The van der Waals surface area contributed by atoms with E-state index in [9.17, 15) is 9.59 Å². The van der Waals surface area contributed by atoms with Crippen LogP contribution in [0.15, 0.2) is 21.9 Å². The van der Waals surface area contributed by atoms with Gasteiger partial charge in [-0.05, 0) is 25.3 Å². The molecule has 0 bridgehead atoms. The SMILES string of the molecule is Cc1ccnc(N2CCC(Oc3nc4c(c(=O)n(C)c(=O)n4C)n3CCC(C)C)CC2)n1. The Labute approximate surface area is 186 Å². The van der Waals surface area contributed by atoms with Gasteiger partial charge < -0.3 is 9.64 Å². The van der Waals surface area contributed by atoms with Gasteiger partial charge in [-0.2, -0.15) is 4.98 Å². The van der Waals surface area contributed by atoms with E-state index >= 15 is 0 Å². The molecule has 4 heterocycles. The van der Waals surface area contributed by atoms with Gasteiger partial charge in [0.1, 0.15) is 6.10 Å². The Hall–Kier alpha value is -3.17. The predicted octanol–water partition coefficient (Wildman–Crippen LogP) is 1.63. The fraction of sp³-hybridized carbons (Fsp3) is 0.591. The number of nitrogens with zero attached hydrogens (tertiary/aromatic N) is 7. The molecule has 1 fully saturated rings. The Morgan fingerprint density at radius 1 is 1.12 bits per heavy atom. The second-order valence-corrected chi connectivity index (χ2v) is 8.91. The minimum absolute atomic E-state index is 0.0356. The molecule has 0 radical (unpaired) electrons. The summed E-state index contributed by atoms with van der Waals surface area (Å²) >= 11 is 0. The first-order chi connectivity index (χ1) is 15.3. The number of fused-ring (bicyclic) bond motifs is 1. The molecule has 0 aromatic carbocycles. The molecule has 0 unspecified atom stereocenters. The van der Waals surface area contributed by atoms with Crippen LogP contribution in [0.1, 0.15) is 38.8 Å². The molecule has 32 heavy (non-hydrogen) atoms. The summed E-state index contributed by atoms with van der Waals surface area (Å²) in [5.74, 6) is 1.19. The van der Waals surface area contributed by atoms with Crippen LogP contribution in [0.25, 0.3) is 11.2 Å². The number of anilines is 1. The smallest absolute Gasteiger partial charge is 0.332 e. The van der Waals surface area contributed by atoms with E-state index in [0.717, 1.165) is 48.6 Å². The lowest BCUT2D eigenvalue weighted by atomic mass is 10.1. The van der Waals surface area contributed by atoms with Crippen molar-refractivity contribution in [2.24, 2.45) is 20.0 Å². The van der Waals surface area contributed by atoms with Crippen LogP contribution < -0.4 is 20.9 Å². The Bertz CT molecular complexity index is 1230. The van der Waals surface area contributed by atoms with Gasteiger partial charge in [-0.3, -0.25) is 18.5 Å². The number of piperidine rings is 1. The lowest BCUT2D eigenvalue weighted by Gasteiger charge is -2.32. The average Bonchev–Trinajstić information content (AvgIpc) is 3.13. The molecule has 1 saturated heterocycles. The molecular weight excluding hydrogens is 410 g/mol. The maximum atomic E-state index is 12.9. The maximum Gasteiger partial charge on any atom is 0.332 e. The third kappa shape index (κ3) is 4.13. The van der Waals surface area contributed by atoms with Crippen molar-refractivity contribution in [1.29, 1.82) is 0 Å². The van der Waals surface area contributed by atoms with Gasteiger partial charge in [-0.25, -0.2) is 14.8 Å². The summed E-state index contributed by atoms with van der Waals surface area (Å²) < 4.78 is 10.7. The summed E-state index contributed by atoms with van der Waals surface area (Å²) in [5.41, 5.74) is 0.979. The van der Waals surface area contributed by atoms with Crippen molar-refractivity contribution in [2.75, 3.05) is 18.0 Å². The standard InChI is InChI=1S/C22H31N7O3/c1-14(2)7-13-29-17-18(26(4)22(31)27(5)19(17)30)25-21(29)32-16-8-11-28(12-9-16)20-23-10-6-15(3)24-20/h6,10,14,16H,7-9,11-13H2,1-5H3. The molecule has 1 aliphatic heterocycles. The zero-order valence-corrected chi connectivity index (χ0v) is 19.4. The van der Waals surface area contributed by atoms with Crippen molar-refractivity contribution in [3.8, 4) is 6.01 Å². The molecule has 3 aromatic rings. The van der Waals surface area contributed by atoms with Crippen LogP contribution in [0.5, 0.6) is 6.01 Å². The summed E-state index contributed by atoms with van der Waals surface area (Å²) in [5, 5.41) is 0. The highest BCUT2D eigenvalue weighted by Gasteiger charge is 2.26. The Kier molecular flexibility index (Phi) is 6.03. The van der Waals surface area contributed by atoms with Crippen LogP contribution in [-0.4, -0.2) is 47.8 Å². The number of ether oxygens (including phenoxy) is 1. The van der Waals surface area contributed by atoms with Crippen molar-refractivity contribution in [1.82, 2.24) is 28.7 Å². The molecule has 0 amide bonds. The predicted molar refractivity (Wildman–Crippen MR) is 122 cm³/mol. The number of aromatic nitrogens is 6. The molecule has 172 valence electrons. The highest BCUT2D eigenvalue weighted by Crippen LogP contribution is 2.24. The Morgan fingerprint density at radius 3 is 2.50 bits per heavy atom. The summed E-state index contributed by atoms with van der Waals surface area (Å²) in [6, 6.07) is 2.29. The van der Waals surface area contributed by atoms with Crippen LogP contribution in [0.2, 0.25) is 0 Å². The fourth-order valence-electron chi connectivity index (χ4n) is 4.02. The lowest BCUT2D eigenvalue weighted by Crippen LogP contribution is -2.39. The molecule has 3 aromatic heterocycles. The molecular formula is C22H31N7O3. The average molecular weight is 442 g/mol. The second-order valence-electron chi connectivity index (χ2n) is 8.91. The van der Waals surface area contributed by atoms with Crippen molar-refractivity contribution in [3.63, 3.8) is 0 Å². The first kappa shape index (κ1) is 22.0. The Balaban J connectivity index is 1.61. The molecule has 0 saturated carbocycles. The van der Waals surface area contributed by atoms with Crippen molar-refractivity contribution in [3.05, 3.63) is 38.8 Å². The van der Waals surface area contributed by atoms with E-state index in [2.05, 4.69) is 33.7 Å². The third-order valence-corrected chi connectivity index (χ3v) is 6.02. The fourth-order valence-corrected chi connectivity index (χ4v) is 4.02. The van der Waals surface area contributed by atoms with Gasteiger partial charge in [0.25, 0.3) is 11.6 Å². The van der Waals surface area contributed by atoms with E-state index in [0.29, 0.717) is 29.6 Å². The van der Waals surface area contributed by atoms with Gasteiger partial charge in [0, 0.05) is 58.5 Å². The van der Waals surface area contributed by atoms with Crippen LogP contribution in [0.3, 0.4) is 0 Å². The Morgan fingerprint density at radius 2 is 1.84 bits per heavy atom. The zero-order valence-electron chi connectivity index (χ0n) is 19.4. The minimum Gasteiger partial charge on any atom is -0.461 e. The highest BCUT2D eigenvalue weighted by molar-refractivity contribution is 5.71. The number of hydrogen-bond donors (Lipinski definition) is 0. The monoisotopic (exact) mass is 441 g/mol. The molecule has 10 nitrogen and oxygen atoms in total. The van der Waals surface area contributed by atoms with Crippen molar-refractivity contribution >= 4 is 17.1 Å². The van der Waals surface area contributed by atoms with Crippen LogP contribution in [0.4, 0.5) is 5.95 Å². The van der Waals surface area contributed by atoms with E-state index in [1.807, 2.05) is 17.6 Å². The van der Waals surface area contributed by atoms with E-state index in [4.69, 9.17) is 4.74 Å². The first-order valence-corrected chi connectivity index (χ1v) is 11.1. The van der Waals surface area contributed by atoms with Crippen molar-refractivity contribution in [2.45, 2.75) is 52.7 Å². The van der Waals surface area contributed by atoms with Gasteiger partial charge in [0.15, 0.2) is 11.2 Å². The van der Waals surface area contributed by atoms with Gasteiger partial charge in [0.2, 0.25) is 5.95 Å². The summed E-state index contributed by atoms with van der Waals surface area (Å²) in [4.78, 5) is 40.9. The van der Waals surface area contributed by atoms with Crippen LogP contribution in [0, 0.1) is 12.8 Å². The van der Waals surface area contributed by atoms with Gasteiger partial charge in [-0.1, -0.05) is 13.8 Å². The van der Waals surface area contributed by atoms with Crippen LogP contribution in [-0.2, 0) is 20.6 Å². The number of imidazole rings is 1. The van der Waals surface area contributed by atoms with Crippen molar-refractivity contribution < 1.29 is 4.74 Å². The van der Waals surface area contributed by atoms with Gasteiger partial charge >= 0.3 is 5.69 Å². The lowest BCUT2D eigenvalue weighted by molar-refractivity contribution is 0.149. The molecule has 10 heteroatoms. The molecule has 0 N–H and O–H groups in total. The van der Waals surface area contributed by atoms with E-state index in [-0.39, 0.29) is 11.7 Å². The van der Waals surface area contributed by atoms with Crippen LogP contribution >= 0.6 is 0 Å². The quantitative estimate of drug-likeness (QED) is 0.573. The van der Waals surface area contributed by atoms with E-state index < -0.39 is 5.69 Å². The summed E-state index contributed by atoms with van der Waals surface area (Å²) in [7, 11) is 3.13.